The first-order valence-corrected chi connectivity index (χ1v) is 26.6. The summed E-state index contributed by atoms with van der Waals surface area (Å²) >= 11 is 0. The highest BCUT2D eigenvalue weighted by Crippen LogP contribution is 2.55. The zero-order valence-corrected chi connectivity index (χ0v) is 45.2. The Morgan fingerprint density at radius 1 is 0.558 bits per heavy atom. The van der Waals surface area contributed by atoms with Gasteiger partial charge >= 0.3 is 24.1 Å². The van der Waals surface area contributed by atoms with E-state index in [1.807, 2.05) is 36.4 Å². The summed E-state index contributed by atoms with van der Waals surface area (Å²) in [5.74, 6) is -4.01. The van der Waals surface area contributed by atoms with Crippen LogP contribution in [0.25, 0.3) is 11.1 Å². The number of fused-ring (bicyclic) bond motifs is 3. The van der Waals surface area contributed by atoms with Gasteiger partial charge in [0.2, 0.25) is 11.8 Å². The van der Waals surface area contributed by atoms with Gasteiger partial charge in [0.25, 0.3) is 11.8 Å². The molecule has 4 aromatic rings. The highest BCUT2D eigenvalue weighted by molar-refractivity contribution is 6.01. The normalized spacial score (nSPS) is 18.8. The Kier molecular flexibility index (Phi) is 18.8. The van der Waals surface area contributed by atoms with Crippen LogP contribution >= 0.6 is 0 Å². The molecule has 0 radical (unpaired) electrons. The number of methoxy groups -OCH3 is 2. The molecule has 0 saturated carbocycles. The van der Waals surface area contributed by atoms with Crippen molar-refractivity contribution < 1.29 is 57.3 Å². The number of rotatable bonds is 20. The van der Waals surface area contributed by atoms with Gasteiger partial charge in [-0.05, 0) is 70.5 Å². The Morgan fingerprint density at radius 3 is 1.27 bits per heavy atom. The summed E-state index contributed by atoms with van der Waals surface area (Å²) < 4.78 is 21.4. The summed E-state index contributed by atoms with van der Waals surface area (Å²) in [7, 11) is 2.39. The van der Waals surface area contributed by atoms with E-state index in [-0.39, 0.29) is 25.9 Å². The van der Waals surface area contributed by atoms with Crippen LogP contribution in [0, 0.1) is 11.8 Å². The van der Waals surface area contributed by atoms with Crippen LogP contribution in [-0.4, -0.2) is 109 Å². The molecule has 0 bridgehead atoms. The fourth-order valence-corrected chi connectivity index (χ4v) is 10.6. The summed E-state index contributed by atoms with van der Waals surface area (Å²) in [6, 6.07) is 24.2. The number of carbonyl (C=O) groups excluding carboxylic acids is 8. The second-order valence-corrected chi connectivity index (χ2v) is 20.7. The van der Waals surface area contributed by atoms with Crippen molar-refractivity contribution in [2.75, 3.05) is 37.9 Å². The third kappa shape index (κ3) is 12.9. The third-order valence-electron chi connectivity index (χ3n) is 14.7. The molecule has 1 aliphatic carbocycles. The molecule has 7 rings (SSSR count). The van der Waals surface area contributed by atoms with Gasteiger partial charge in [-0.1, -0.05) is 140 Å². The molecule has 2 aliphatic heterocycles. The van der Waals surface area contributed by atoms with E-state index in [1.165, 1.54) is 24.0 Å². The predicted octanol–water partition coefficient (Wildman–Crippen LogP) is 8.74. The van der Waals surface area contributed by atoms with Crippen LogP contribution in [0.1, 0.15) is 127 Å². The van der Waals surface area contributed by atoms with E-state index in [9.17, 15) is 38.4 Å². The molecule has 2 saturated heterocycles. The van der Waals surface area contributed by atoms with Gasteiger partial charge in [-0.2, -0.15) is 0 Å². The first-order valence-electron chi connectivity index (χ1n) is 26.6. The maximum Gasteiger partial charge on any atom is 0.407 e. The summed E-state index contributed by atoms with van der Waals surface area (Å²) in [4.78, 5) is 112. The number of hydrogen-bond donors (Lipinski definition) is 4. The summed E-state index contributed by atoms with van der Waals surface area (Å²) in [5, 5.41) is 11.4. The standard InChI is InChI=1S/C59H72N6O12/c1-9-11-27-59(28-12-10-2)45-29-39(60-51(66)47-31-41(76-55(70)35(3)4)33-64(47)53(68)49(62-57(72)74-7)37-19-15-13-16-20-37)23-25-43(45)44-26-24-40(30-46(44)59)61-52(67)48-32-42(77-56(71)36(5)6)34-65(48)54(69)50(63-58(73)75-8)38-21-17-14-18-22-38/h13-26,29-30,35-36,41-42,47-50H,9-12,27-28,31-34H2,1-8H3,(H,60,66)(H,61,67)(H,62,72)(H,63,73)/t41-,42-,47+,48+,49-,50-/m1/s1. The van der Waals surface area contributed by atoms with Crippen molar-refractivity contribution in [1.82, 2.24) is 20.4 Å². The minimum absolute atomic E-state index is 0.0199. The molecule has 4 N–H and O–H groups in total. The maximum atomic E-state index is 14.7. The fourth-order valence-electron chi connectivity index (χ4n) is 10.6. The van der Waals surface area contributed by atoms with Crippen LogP contribution < -0.4 is 21.3 Å². The fraction of sp³-hybridized carbons (Fsp3) is 0.458. The lowest BCUT2D eigenvalue weighted by Crippen LogP contribution is -2.48. The first kappa shape index (κ1) is 57.0. The molecule has 6 amide bonds. The van der Waals surface area contributed by atoms with Crippen LogP contribution in [0.3, 0.4) is 0 Å². The lowest BCUT2D eigenvalue weighted by molar-refractivity contribution is -0.153. The minimum Gasteiger partial charge on any atom is -0.460 e. The van der Waals surface area contributed by atoms with E-state index in [4.69, 9.17) is 18.9 Å². The molecule has 0 aromatic heterocycles. The predicted molar refractivity (Wildman–Crippen MR) is 288 cm³/mol. The molecular weight excluding hydrogens is 985 g/mol. The van der Waals surface area contributed by atoms with Crippen LogP contribution in [-0.2, 0) is 53.1 Å². The summed E-state index contributed by atoms with van der Waals surface area (Å²) in [6.07, 6.45) is 1.81. The molecule has 18 heteroatoms. The highest BCUT2D eigenvalue weighted by atomic mass is 16.6. The van der Waals surface area contributed by atoms with Crippen LogP contribution in [0.4, 0.5) is 21.0 Å². The second-order valence-electron chi connectivity index (χ2n) is 20.7. The Morgan fingerprint density at radius 2 is 0.935 bits per heavy atom. The number of ether oxygens (including phenoxy) is 4. The lowest BCUT2D eigenvalue weighted by atomic mass is 9.70. The van der Waals surface area contributed by atoms with Crippen LogP contribution in [0.2, 0.25) is 0 Å². The number of esters is 2. The number of alkyl carbamates (subject to hydrolysis) is 2. The van der Waals surface area contributed by atoms with Gasteiger partial charge in [-0.15, -0.1) is 0 Å². The van der Waals surface area contributed by atoms with Gasteiger partial charge < -0.3 is 50.0 Å². The molecule has 410 valence electrons. The Balaban J connectivity index is 1.20. The monoisotopic (exact) mass is 1060 g/mol. The van der Waals surface area contributed by atoms with Crippen LogP contribution in [0.15, 0.2) is 97.1 Å². The molecule has 3 aliphatic rings. The van der Waals surface area contributed by atoms with E-state index >= 15 is 0 Å². The Labute approximate surface area is 450 Å². The molecule has 6 atom stereocenters. The lowest BCUT2D eigenvalue weighted by Gasteiger charge is -2.33. The Bertz CT molecular complexity index is 2620. The van der Waals surface area contributed by atoms with Gasteiger partial charge in [0.1, 0.15) is 36.4 Å². The van der Waals surface area contributed by atoms with Gasteiger partial charge in [0.05, 0.1) is 39.1 Å². The number of likely N-dealkylation sites (tertiary alicyclic amines) is 2. The van der Waals surface area contributed by atoms with E-state index in [0.29, 0.717) is 22.5 Å². The smallest absolute Gasteiger partial charge is 0.407 e. The minimum atomic E-state index is -1.21. The highest BCUT2D eigenvalue weighted by Gasteiger charge is 2.47. The van der Waals surface area contributed by atoms with Crippen molar-refractivity contribution in [3.63, 3.8) is 0 Å². The number of amides is 6. The SMILES string of the molecule is CCCCC1(CCCC)c2cc(NC(=O)[C@@H]3C[C@@H](OC(=O)C(C)C)CN3C(=O)[C@H](NC(=O)OC)c3ccccc3)ccc2-c2ccc(NC(=O)[C@@H]3C[C@@H](OC(=O)C(C)C)CN3C(=O)[C@H](NC(=O)OC)c3ccccc3)cc21. The van der Waals surface area contributed by atoms with E-state index in [2.05, 4.69) is 35.1 Å². The number of nitrogens with one attached hydrogen (secondary N) is 4. The molecule has 2 heterocycles. The van der Waals surface area contributed by atoms with Gasteiger partial charge in [0.15, 0.2) is 0 Å². The molecule has 18 nitrogen and oxygen atoms in total. The third-order valence-corrected chi connectivity index (χ3v) is 14.7. The second kappa shape index (κ2) is 25.4. The number of carbonyl (C=O) groups is 8. The van der Waals surface area contributed by atoms with Gasteiger partial charge in [-0.3, -0.25) is 28.8 Å². The largest absolute Gasteiger partial charge is 0.460 e. The van der Waals surface area contributed by atoms with Crippen molar-refractivity contribution in [2.24, 2.45) is 11.8 Å². The number of nitrogens with zero attached hydrogens (tertiary/aromatic N) is 2. The van der Waals surface area contributed by atoms with Crippen molar-refractivity contribution in [2.45, 2.75) is 135 Å². The average Bonchev–Trinajstić information content (AvgIpc) is 4.22. The zero-order chi connectivity index (χ0) is 55.6. The average molecular weight is 1060 g/mol. The number of unbranched alkanes of at least 4 members (excludes halogenated alkanes) is 2. The zero-order valence-electron chi connectivity index (χ0n) is 45.2. The van der Waals surface area contributed by atoms with E-state index in [1.54, 1.807) is 88.4 Å². The number of anilines is 2. The quantitative estimate of drug-likeness (QED) is 0.0481. The van der Waals surface area contributed by atoms with Crippen molar-refractivity contribution in [1.29, 1.82) is 0 Å². The molecular formula is C59H72N6O12. The Hall–Kier alpha value is -7.76. The van der Waals surface area contributed by atoms with Crippen LogP contribution in [0.5, 0.6) is 0 Å². The summed E-state index contributed by atoms with van der Waals surface area (Å²) in [5.41, 5.74) is 5.29. The van der Waals surface area contributed by atoms with Crippen molar-refractivity contribution >= 4 is 59.1 Å². The maximum absolute atomic E-state index is 14.7. The molecule has 77 heavy (non-hydrogen) atoms. The van der Waals surface area contributed by atoms with Crippen molar-refractivity contribution in [3.05, 3.63) is 119 Å². The summed E-state index contributed by atoms with van der Waals surface area (Å²) in [6.45, 7) is 10.9. The topological polar surface area (TPSA) is 228 Å². The first-order chi connectivity index (χ1) is 36.9. The molecule has 2 fully saturated rings. The molecule has 0 spiro atoms. The van der Waals surface area contributed by atoms with Crippen molar-refractivity contribution in [3.8, 4) is 11.1 Å². The van der Waals surface area contributed by atoms with E-state index < -0.39 is 101 Å². The van der Waals surface area contributed by atoms with Gasteiger partial charge in [0, 0.05) is 29.6 Å². The molecule has 4 aromatic carbocycles. The van der Waals surface area contributed by atoms with E-state index in [0.717, 1.165) is 60.8 Å². The van der Waals surface area contributed by atoms with Gasteiger partial charge in [-0.25, -0.2) is 9.59 Å². The number of benzene rings is 4. The number of hydrogen-bond acceptors (Lipinski definition) is 12. The molecule has 0 unspecified atom stereocenters.